The van der Waals surface area contributed by atoms with E-state index in [2.05, 4.69) is 12.6 Å². The Balaban J connectivity index is 1.92. The van der Waals surface area contributed by atoms with Crippen LogP contribution in [0.1, 0.15) is 32.8 Å². The fourth-order valence-corrected chi connectivity index (χ4v) is 4.84. The van der Waals surface area contributed by atoms with E-state index >= 15 is 0 Å². The van der Waals surface area contributed by atoms with Gasteiger partial charge in [-0.1, -0.05) is 12.7 Å². The summed E-state index contributed by atoms with van der Waals surface area (Å²) >= 11 is 0. The van der Waals surface area contributed by atoms with Crippen molar-refractivity contribution in [1.82, 2.24) is 4.90 Å². The first-order chi connectivity index (χ1) is 13.1. The highest BCUT2D eigenvalue weighted by Gasteiger charge is 2.70. The molecule has 2 saturated heterocycles. The van der Waals surface area contributed by atoms with Crippen molar-refractivity contribution in [2.75, 3.05) is 4.90 Å². The number of nitrogens with zero attached hydrogens (tertiary/aromatic N) is 3. The van der Waals surface area contributed by atoms with Crippen LogP contribution in [0.25, 0.3) is 0 Å². The number of likely N-dealkylation sites (tertiary alicyclic amines) is 1. The van der Waals surface area contributed by atoms with Gasteiger partial charge < -0.3 is 4.90 Å². The monoisotopic (exact) mass is 375 g/mol. The van der Waals surface area contributed by atoms with Gasteiger partial charge in [0.1, 0.15) is 6.04 Å². The van der Waals surface area contributed by atoms with Gasteiger partial charge >= 0.3 is 0 Å². The number of anilines is 1. The smallest absolute Gasteiger partial charge is 0.255 e. The van der Waals surface area contributed by atoms with Crippen LogP contribution in [0.15, 0.2) is 48.6 Å². The lowest BCUT2D eigenvalue weighted by Crippen LogP contribution is -2.52. The van der Waals surface area contributed by atoms with Gasteiger partial charge in [0, 0.05) is 23.2 Å². The summed E-state index contributed by atoms with van der Waals surface area (Å²) < 4.78 is 0. The zero-order chi connectivity index (χ0) is 20.4. The summed E-state index contributed by atoms with van der Waals surface area (Å²) in [5, 5.41) is 9.04. The zero-order valence-corrected chi connectivity index (χ0v) is 16.1. The van der Waals surface area contributed by atoms with E-state index in [1.807, 2.05) is 20.8 Å². The number of ketones is 1. The largest absolute Gasteiger partial charge is 0.331 e. The fourth-order valence-electron chi connectivity index (χ4n) is 4.84. The third-order valence-corrected chi connectivity index (χ3v) is 5.98. The average molecular weight is 375 g/mol. The molecule has 28 heavy (non-hydrogen) atoms. The number of hydrogen-bond acceptors (Lipinski definition) is 4. The van der Waals surface area contributed by atoms with Crippen molar-refractivity contribution in [3.05, 3.63) is 54.1 Å². The van der Waals surface area contributed by atoms with Crippen LogP contribution in [-0.2, 0) is 14.4 Å². The quantitative estimate of drug-likeness (QED) is 0.706. The van der Waals surface area contributed by atoms with Gasteiger partial charge in [-0.2, -0.15) is 5.26 Å². The zero-order valence-electron chi connectivity index (χ0n) is 16.1. The molecule has 2 aliphatic heterocycles. The number of nitriles is 1. The molecule has 6 heteroatoms. The number of rotatable bonds is 1. The van der Waals surface area contributed by atoms with Crippen LogP contribution >= 0.6 is 0 Å². The van der Waals surface area contributed by atoms with Crippen LogP contribution in [0, 0.1) is 16.7 Å². The average Bonchev–Trinajstić information content (AvgIpc) is 3.02. The molecule has 3 atom stereocenters. The predicted octanol–water partition coefficient (Wildman–Crippen LogP) is 2.35. The molecule has 0 bridgehead atoms. The Morgan fingerprint density at radius 2 is 1.82 bits per heavy atom. The minimum Gasteiger partial charge on any atom is -0.331 e. The normalized spacial score (nSPS) is 29.2. The Labute approximate surface area is 163 Å². The Kier molecular flexibility index (Phi) is 3.67. The number of allylic oxidation sites excluding steroid dienone is 1. The SMILES string of the molecule is C=C1C(=O)N(c2ccc(C#N)cc2)[C@H]2C(=O)N(C(C)(C)C)[C@@H]3CC(=O)C=C[C@]123. The first-order valence-corrected chi connectivity index (χ1v) is 9.21. The number of amides is 2. The number of carbonyl (C=O) groups is 3. The molecular formula is C22H21N3O3. The molecule has 6 nitrogen and oxygen atoms in total. The molecule has 0 aromatic heterocycles. The summed E-state index contributed by atoms with van der Waals surface area (Å²) in [5.41, 5.74) is -0.0945. The molecule has 2 fully saturated rings. The van der Waals surface area contributed by atoms with E-state index in [9.17, 15) is 14.4 Å². The highest BCUT2D eigenvalue weighted by molar-refractivity contribution is 6.18. The molecule has 1 aromatic rings. The van der Waals surface area contributed by atoms with E-state index in [-0.39, 0.29) is 24.0 Å². The van der Waals surface area contributed by atoms with Gasteiger partial charge in [-0.25, -0.2) is 0 Å². The van der Waals surface area contributed by atoms with E-state index in [1.54, 1.807) is 35.2 Å². The first kappa shape index (κ1) is 18.2. The molecule has 1 aromatic carbocycles. The lowest BCUT2D eigenvalue weighted by molar-refractivity contribution is -0.136. The van der Waals surface area contributed by atoms with Crippen molar-refractivity contribution < 1.29 is 14.4 Å². The number of hydrogen-bond donors (Lipinski definition) is 0. The summed E-state index contributed by atoms with van der Waals surface area (Å²) in [7, 11) is 0. The minimum absolute atomic E-state index is 0.0598. The van der Waals surface area contributed by atoms with Crippen LogP contribution in [0.2, 0.25) is 0 Å². The lowest BCUT2D eigenvalue weighted by Gasteiger charge is -2.42. The van der Waals surface area contributed by atoms with E-state index in [0.29, 0.717) is 16.8 Å². The topological polar surface area (TPSA) is 81.5 Å². The summed E-state index contributed by atoms with van der Waals surface area (Å²) in [6.07, 6.45) is 3.36. The fraction of sp³-hybridized carbons (Fsp3) is 0.364. The standard InChI is InChI=1S/C22H21N3O3/c1-13-19(27)24(15-7-5-14(12-23)6-8-15)18-20(28)25(21(2,3)4)17-11-16(26)9-10-22(13,17)18/h5-10,17-18H,1,11H2,2-4H3/t17-,18+,22-/m1/s1. The predicted molar refractivity (Wildman–Crippen MR) is 103 cm³/mol. The molecule has 1 spiro atoms. The van der Waals surface area contributed by atoms with Gasteiger partial charge in [0.2, 0.25) is 5.91 Å². The molecular weight excluding hydrogens is 354 g/mol. The Morgan fingerprint density at radius 1 is 1.18 bits per heavy atom. The molecule has 2 amide bonds. The van der Waals surface area contributed by atoms with Gasteiger partial charge in [-0.3, -0.25) is 19.3 Å². The third-order valence-electron chi connectivity index (χ3n) is 5.98. The molecule has 1 aliphatic carbocycles. The van der Waals surface area contributed by atoms with Crippen LogP contribution in [0.5, 0.6) is 0 Å². The molecule has 0 N–H and O–H groups in total. The Hall–Kier alpha value is -3.20. The number of carbonyl (C=O) groups excluding carboxylic acids is 3. The van der Waals surface area contributed by atoms with Crippen molar-refractivity contribution >= 4 is 23.3 Å². The van der Waals surface area contributed by atoms with Gasteiger partial charge in [-0.05, 0) is 51.1 Å². The minimum atomic E-state index is -0.927. The first-order valence-electron chi connectivity index (χ1n) is 9.21. The molecule has 0 saturated carbocycles. The summed E-state index contributed by atoms with van der Waals surface area (Å²) in [5.74, 6) is -0.566. The van der Waals surface area contributed by atoms with E-state index < -0.39 is 23.0 Å². The Morgan fingerprint density at radius 3 is 2.39 bits per heavy atom. The van der Waals surface area contributed by atoms with Crippen molar-refractivity contribution in [1.29, 1.82) is 5.26 Å². The van der Waals surface area contributed by atoms with Crippen LogP contribution in [-0.4, -0.2) is 40.1 Å². The van der Waals surface area contributed by atoms with Gasteiger partial charge in [0.25, 0.3) is 5.91 Å². The summed E-state index contributed by atoms with van der Waals surface area (Å²) in [6.45, 7) is 9.84. The molecule has 4 rings (SSSR count). The maximum atomic E-state index is 13.6. The highest BCUT2D eigenvalue weighted by Crippen LogP contribution is 2.57. The van der Waals surface area contributed by atoms with Crippen LogP contribution in [0.3, 0.4) is 0 Å². The maximum absolute atomic E-state index is 13.6. The molecule has 3 aliphatic rings. The highest BCUT2D eigenvalue weighted by atomic mass is 16.2. The maximum Gasteiger partial charge on any atom is 0.255 e. The molecule has 2 heterocycles. The van der Waals surface area contributed by atoms with Crippen molar-refractivity contribution in [3.63, 3.8) is 0 Å². The molecule has 142 valence electrons. The third kappa shape index (κ3) is 2.16. The van der Waals surface area contributed by atoms with E-state index in [0.717, 1.165) is 0 Å². The number of benzene rings is 1. The van der Waals surface area contributed by atoms with Gasteiger partial charge in [-0.15, -0.1) is 0 Å². The summed E-state index contributed by atoms with van der Waals surface area (Å²) in [6, 6.07) is 7.40. The molecule has 0 unspecified atom stereocenters. The van der Waals surface area contributed by atoms with Crippen molar-refractivity contribution in [2.45, 2.75) is 44.8 Å². The Bertz CT molecular complexity index is 993. The van der Waals surface area contributed by atoms with Crippen LogP contribution in [0.4, 0.5) is 5.69 Å². The second-order valence-corrected chi connectivity index (χ2v) is 8.55. The molecule has 0 radical (unpaired) electrons. The van der Waals surface area contributed by atoms with Gasteiger partial charge in [0.05, 0.1) is 23.1 Å². The van der Waals surface area contributed by atoms with Gasteiger partial charge in [0.15, 0.2) is 5.78 Å². The van der Waals surface area contributed by atoms with Crippen molar-refractivity contribution in [2.24, 2.45) is 5.41 Å². The van der Waals surface area contributed by atoms with Crippen molar-refractivity contribution in [3.8, 4) is 6.07 Å². The lowest BCUT2D eigenvalue weighted by atomic mass is 9.69. The van der Waals surface area contributed by atoms with E-state index in [1.165, 1.54) is 11.0 Å². The van der Waals surface area contributed by atoms with E-state index in [4.69, 9.17) is 5.26 Å². The van der Waals surface area contributed by atoms with Crippen LogP contribution < -0.4 is 4.90 Å². The summed E-state index contributed by atoms with van der Waals surface area (Å²) in [4.78, 5) is 42.2. The second kappa shape index (κ2) is 5.65. The second-order valence-electron chi connectivity index (χ2n) is 8.55.